The molecule has 134 valence electrons. The second kappa shape index (κ2) is 7.25. The Hall–Kier alpha value is -2.12. The second-order valence-electron chi connectivity index (χ2n) is 6.25. The first kappa shape index (κ1) is 17.3. The zero-order chi connectivity index (χ0) is 18.0. The van der Waals surface area contributed by atoms with Gasteiger partial charge in [-0.25, -0.2) is 18.1 Å². The number of para-hydroxylation sites is 1. The molecule has 0 radical (unpaired) electrons. The fourth-order valence-corrected chi connectivity index (χ4v) is 5.22. The number of benzene rings is 2. The van der Waals surface area contributed by atoms with Crippen molar-refractivity contribution >= 4 is 21.6 Å². The SMILES string of the molecule is O=S(=O)(CCSc1nc(C2CC2)n(-c2ccccc2)n1)c1ccccc1. The van der Waals surface area contributed by atoms with Gasteiger partial charge < -0.3 is 0 Å². The largest absolute Gasteiger partial charge is 0.224 e. The minimum atomic E-state index is -3.27. The maximum absolute atomic E-state index is 12.4. The van der Waals surface area contributed by atoms with E-state index in [2.05, 4.69) is 10.1 Å². The topological polar surface area (TPSA) is 64.8 Å². The predicted molar refractivity (Wildman–Crippen MR) is 103 cm³/mol. The van der Waals surface area contributed by atoms with Crippen LogP contribution in [0.15, 0.2) is 70.7 Å². The smallest absolute Gasteiger partial charge is 0.209 e. The van der Waals surface area contributed by atoms with Crippen molar-refractivity contribution in [2.75, 3.05) is 11.5 Å². The molecule has 1 saturated carbocycles. The van der Waals surface area contributed by atoms with E-state index in [-0.39, 0.29) is 5.75 Å². The molecule has 4 rings (SSSR count). The van der Waals surface area contributed by atoms with Gasteiger partial charge in [-0.3, -0.25) is 0 Å². The summed E-state index contributed by atoms with van der Waals surface area (Å²) in [5.41, 5.74) is 0.991. The summed E-state index contributed by atoms with van der Waals surface area (Å²) in [6.07, 6.45) is 2.27. The second-order valence-corrected chi connectivity index (χ2v) is 9.43. The minimum Gasteiger partial charge on any atom is -0.224 e. The van der Waals surface area contributed by atoms with Crippen molar-refractivity contribution in [3.8, 4) is 5.69 Å². The molecule has 1 aliphatic rings. The third-order valence-electron chi connectivity index (χ3n) is 4.24. The summed E-state index contributed by atoms with van der Waals surface area (Å²) in [4.78, 5) is 5.02. The number of sulfone groups is 1. The van der Waals surface area contributed by atoms with E-state index in [1.54, 1.807) is 24.3 Å². The van der Waals surface area contributed by atoms with E-state index >= 15 is 0 Å². The Morgan fingerprint density at radius 2 is 1.65 bits per heavy atom. The zero-order valence-electron chi connectivity index (χ0n) is 14.2. The summed E-state index contributed by atoms with van der Waals surface area (Å²) < 4.78 is 26.6. The van der Waals surface area contributed by atoms with Gasteiger partial charge in [0.25, 0.3) is 0 Å². The van der Waals surface area contributed by atoms with Crippen LogP contribution in [0.2, 0.25) is 0 Å². The molecule has 0 aliphatic heterocycles. The Morgan fingerprint density at radius 1 is 1.00 bits per heavy atom. The molecule has 26 heavy (non-hydrogen) atoms. The highest BCUT2D eigenvalue weighted by Gasteiger charge is 2.30. The van der Waals surface area contributed by atoms with Gasteiger partial charge in [0.2, 0.25) is 5.16 Å². The van der Waals surface area contributed by atoms with Gasteiger partial charge in [0.1, 0.15) is 5.82 Å². The first-order valence-corrected chi connectivity index (χ1v) is 11.2. The third-order valence-corrected chi connectivity index (χ3v) is 7.07. The predicted octanol–water partition coefficient (Wildman–Crippen LogP) is 3.71. The Kier molecular flexibility index (Phi) is 4.82. The molecule has 5 nitrogen and oxygen atoms in total. The molecule has 0 amide bonds. The lowest BCUT2D eigenvalue weighted by Gasteiger charge is -2.03. The van der Waals surface area contributed by atoms with Crippen molar-refractivity contribution in [1.29, 1.82) is 0 Å². The average Bonchev–Trinajstić information content (AvgIpc) is 3.43. The molecular weight excluding hydrogens is 366 g/mol. The van der Waals surface area contributed by atoms with Crippen molar-refractivity contribution in [3.63, 3.8) is 0 Å². The van der Waals surface area contributed by atoms with E-state index in [9.17, 15) is 8.42 Å². The van der Waals surface area contributed by atoms with Crippen LogP contribution in [-0.4, -0.2) is 34.7 Å². The van der Waals surface area contributed by atoms with Crippen LogP contribution in [0.25, 0.3) is 5.69 Å². The van der Waals surface area contributed by atoms with E-state index < -0.39 is 9.84 Å². The van der Waals surface area contributed by atoms with Gasteiger partial charge in [0, 0.05) is 11.7 Å². The van der Waals surface area contributed by atoms with Crippen LogP contribution in [-0.2, 0) is 9.84 Å². The van der Waals surface area contributed by atoms with Crippen LogP contribution in [0, 0.1) is 0 Å². The van der Waals surface area contributed by atoms with Crippen molar-refractivity contribution in [2.24, 2.45) is 0 Å². The van der Waals surface area contributed by atoms with Crippen LogP contribution >= 0.6 is 11.8 Å². The van der Waals surface area contributed by atoms with E-state index in [4.69, 9.17) is 0 Å². The first-order valence-electron chi connectivity index (χ1n) is 8.56. The molecule has 7 heteroatoms. The van der Waals surface area contributed by atoms with E-state index in [1.807, 2.05) is 41.1 Å². The number of hydrogen-bond donors (Lipinski definition) is 0. The summed E-state index contributed by atoms with van der Waals surface area (Å²) in [6.45, 7) is 0. The summed E-state index contributed by atoms with van der Waals surface area (Å²) in [7, 11) is -3.27. The summed E-state index contributed by atoms with van der Waals surface area (Å²) in [6, 6.07) is 18.5. The molecule has 0 bridgehead atoms. The number of rotatable bonds is 7. The van der Waals surface area contributed by atoms with Gasteiger partial charge in [-0.15, -0.1) is 5.10 Å². The fourth-order valence-electron chi connectivity index (χ4n) is 2.72. The molecule has 1 fully saturated rings. The van der Waals surface area contributed by atoms with Gasteiger partial charge in [0.05, 0.1) is 16.3 Å². The minimum absolute atomic E-state index is 0.0698. The average molecular weight is 386 g/mol. The maximum atomic E-state index is 12.4. The molecular formula is C19H19N3O2S2. The Balaban J connectivity index is 1.48. The molecule has 0 atom stereocenters. The molecule has 0 spiro atoms. The van der Waals surface area contributed by atoms with Crippen LogP contribution in [0.1, 0.15) is 24.6 Å². The lowest BCUT2D eigenvalue weighted by Crippen LogP contribution is -2.08. The van der Waals surface area contributed by atoms with E-state index in [1.165, 1.54) is 11.8 Å². The highest BCUT2D eigenvalue weighted by atomic mass is 32.2. The molecule has 2 aromatic carbocycles. The number of thioether (sulfide) groups is 1. The van der Waals surface area contributed by atoms with Crippen molar-refractivity contribution in [3.05, 3.63) is 66.5 Å². The van der Waals surface area contributed by atoms with Crippen LogP contribution in [0.3, 0.4) is 0 Å². The highest BCUT2D eigenvalue weighted by molar-refractivity contribution is 8.00. The molecule has 0 saturated heterocycles. The highest BCUT2D eigenvalue weighted by Crippen LogP contribution is 2.40. The summed E-state index contributed by atoms with van der Waals surface area (Å²) in [5.74, 6) is 1.94. The van der Waals surface area contributed by atoms with Crippen LogP contribution < -0.4 is 0 Å². The van der Waals surface area contributed by atoms with Gasteiger partial charge in [-0.05, 0) is 37.1 Å². The molecule has 1 aromatic heterocycles. The van der Waals surface area contributed by atoms with E-state index in [0.29, 0.717) is 21.7 Å². The summed E-state index contributed by atoms with van der Waals surface area (Å²) >= 11 is 1.39. The monoisotopic (exact) mass is 385 g/mol. The maximum Gasteiger partial charge on any atom is 0.209 e. The Morgan fingerprint density at radius 3 is 2.31 bits per heavy atom. The Bertz CT molecular complexity index is 982. The van der Waals surface area contributed by atoms with Crippen LogP contribution in [0.5, 0.6) is 0 Å². The normalized spacial score (nSPS) is 14.5. The fraction of sp³-hybridized carbons (Fsp3) is 0.263. The summed E-state index contributed by atoms with van der Waals surface area (Å²) in [5, 5.41) is 5.25. The number of nitrogens with zero attached hydrogens (tertiary/aromatic N) is 3. The molecule has 3 aromatic rings. The third kappa shape index (κ3) is 3.83. The molecule has 0 N–H and O–H groups in total. The van der Waals surface area contributed by atoms with Crippen molar-refractivity contribution in [1.82, 2.24) is 14.8 Å². The van der Waals surface area contributed by atoms with Gasteiger partial charge >= 0.3 is 0 Å². The van der Waals surface area contributed by atoms with Crippen LogP contribution in [0.4, 0.5) is 0 Å². The number of aromatic nitrogens is 3. The molecule has 0 unspecified atom stereocenters. The van der Waals surface area contributed by atoms with Gasteiger partial charge in [0.15, 0.2) is 9.84 Å². The zero-order valence-corrected chi connectivity index (χ0v) is 15.8. The van der Waals surface area contributed by atoms with Gasteiger partial charge in [-0.2, -0.15) is 0 Å². The quantitative estimate of drug-likeness (QED) is 0.580. The molecule has 1 aliphatic carbocycles. The molecule has 1 heterocycles. The lowest BCUT2D eigenvalue weighted by molar-refractivity contribution is 0.597. The van der Waals surface area contributed by atoms with E-state index in [0.717, 1.165) is 24.4 Å². The Labute approximate surface area is 157 Å². The first-order chi connectivity index (χ1) is 12.6. The number of hydrogen-bond acceptors (Lipinski definition) is 5. The standard InChI is InChI=1S/C19H19N3O2S2/c23-26(24,17-9-5-2-6-10-17)14-13-25-19-20-18(15-11-12-15)22(21-19)16-7-3-1-4-8-16/h1-10,15H,11-14H2. The lowest BCUT2D eigenvalue weighted by atomic mass is 10.3. The van der Waals surface area contributed by atoms with Crippen molar-refractivity contribution in [2.45, 2.75) is 28.8 Å². The van der Waals surface area contributed by atoms with Crippen molar-refractivity contribution < 1.29 is 8.42 Å². The van der Waals surface area contributed by atoms with Gasteiger partial charge in [-0.1, -0.05) is 48.2 Å².